The van der Waals surface area contributed by atoms with E-state index in [0.717, 1.165) is 21.3 Å². The molecule has 0 saturated carbocycles. The highest BCUT2D eigenvalue weighted by Crippen LogP contribution is 2.41. The number of esters is 1. The Morgan fingerprint density at radius 2 is 1.90 bits per heavy atom. The molecule has 0 atom stereocenters. The van der Waals surface area contributed by atoms with E-state index in [9.17, 15) is 14.7 Å². The molecule has 3 heterocycles. The van der Waals surface area contributed by atoms with Gasteiger partial charge >= 0.3 is 5.97 Å². The molecule has 2 aromatic heterocycles. The van der Waals surface area contributed by atoms with Crippen LogP contribution in [0.1, 0.15) is 17.4 Å². The topological polar surface area (TPSA) is 102 Å². The van der Waals surface area contributed by atoms with Crippen LogP contribution in [0, 0.1) is 0 Å². The van der Waals surface area contributed by atoms with Gasteiger partial charge in [-0.15, -0.1) is 11.3 Å². The molecule has 10 heteroatoms. The van der Waals surface area contributed by atoms with E-state index in [1.807, 2.05) is 52.5 Å². The van der Waals surface area contributed by atoms with Gasteiger partial charge in [0.05, 0.1) is 30.9 Å². The van der Waals surface area contributed by atoms with Gasteiger partial charge in [-0.25, -0.2) is 9.79 Å². The fourth-order valence-corrected chi connectivity index (χ4v) is 5.91. The molecule has 0 aliphatic carbocycles. The van der Waals surface area contributed by atoms with Crippen molar-refractivity contribution in [3.63, 3.8) is 0 Å². The number of carbonyl (C=O) groups excluding carboxylic acids is 2. The average molecular weight is 574 g/mol. The summed E-state index contributed by atoms with van der Waals surface area (Å²) in [6.45, 7) is 2.49. The van der Waals surface area contributed by atoms with E-state index in [2.05, 4.69) is 10.3 Å². The van der Waals surface area contributed by atoms with Crippen molar-refractivity contribution in [3.8, 4) is 5.75 Å². The fourth-order valence-electron chi connectivity index (χ4n) is 4.24. The zero-order valence-electron chi connectivity index (χ0n) is 21.9. The first-order chi connectivity index (χ1) is 19.5. The first-order valence-electron chi connectivity index (χ1n) is 12.6. The summed E-state index contributed by atoms with van der Waals surface area (Å²) in [6.07, 6.45) is 3.68. The molecule has 0 saturated heterocycles. The number of amides is 1. The van der Waals surface area contributed by atoms with E-state index in [1.54, 1.807) is 55.7 Å². The lowest BCUT2D eigenvalue weighted by Gasteiger charge is -2.06. The van der Waals surface area contributed by atoms with Gasteiger partial charge in [-0.1, -0.05) is 36.0 Å². The minimum absolute atomic E-state index is 0.0191. The number of aliphatic hydroxyl groups is 1. The van der Waals surface area contributed by atoms with E-state index in [4.69, 9.17) is 9.47 Å². The van der Waals surface area contributed by atoms with Crippen molar-refractivity contribution in [3.05, 3.63) is 98.9 Å². The monoisotopic (exact) mass is 573 g/mol. The third-order valence-corrected chi connectivity index (χ3v) is 8.03. The van der Waals surface area contributed by atoms with Crippen LogP contribution in [0.4, 0.5) is 5.69 Å². The highest BCUT2D eigenvalue weighted by molar-refractivity contribution is 8.18. The smallest absolute Gasteiger partial charge is 0.344 e. The number of carbonyl (C=O) groups is 2. The van der Waals surface area contributed by atoms with Gasteiger partial charge in [0.1, 0.15) is 28.7 Å². The van der Waals surface area contributed by atoms with Crippen LogP contribution in [0.2, 0.25) is 0 Å². The summed E-state index contributed by atoms with van der Waals surface area (Å²) < 4.78 is 12.3. The molecule has 204 valence electrons. The number of thioether (sulfide) groups is 1. The number of aromatic nitrogens is 1. The maximum Gasteiger partial charge on any atom is 0.344 e. The molecule has 5 rings (SSSR count). The number of methoxy groups -OCH3 is 1. The van der Waals surface area contributed by atoms with Crippen molar-refractivity contribution >= 4 is 62.7 Å². The van der Waals surface area contributed by atoms with Crippen molar-refractivity contribution in [1.29, 1.82) is 0 Å². The Morgan fingerprint density at radius 3 is 2.62 bits per heavy atom. The number of aliphatic hydroxyl groups excluding tert-OH is 1. The molecular weight excluding hydrogens is 546 g/mol. The van der Waals surface area contributed by atoms with Gasteiger partial charge in [0, 0.05) is 27.5 Å². The minimum Gasteiger partial charge on any atom is -0.506 e. The van der Waals surface area contributed by atoms with Gasteiger partial charge in [-0.05, 0) is 54.8 Å². The largest absolute Gasteiger partial charge is 0.506 e. The second kappa shape index (κ2) is 12.3. The van der Waals surface area contributed by atoms with E-state index in [1.165, 1.54) is 11.8 Å². The lowest BCUT2D eigenvalue weighted by molar-refractivity contribution is -0.138. The summed E-state index contributed by atoms with van der Waals surface area (Å²) in [5.74, 6) is -0.261. The number of aliphatic imine (C=N–C) groups is 1. The summed E-state index contributed by atoms with van der Waals surface area (Å²) in [4.78, 5) is 31.7. The quantitative estimate of drug-likeness (QED) is 0.231. The van der Waals surface area contributed by atoms with E-state index < -0.39 is 5.97 Å². The second-order valence-electron chi connectivity index (χ2n) is 8.76. The third-order valence-electron chi connectivity index (χ3n) is 6.13. The molecule has 0 bridgehead atoms. The summed E-state index contributed by atoms with van der Waals surface area (Å²) in [5.41, 5.74) is 2.30. The third kappa shape index (κ3) is 5.98. The molecule has 4 aromatic rings. The number of nitrogens with one attached hydrogen (secondary N) is 1. The van der Waals surface area contributed by atoms with Crippen LogP contribution in [0.5, 0.6) is 5.75 Å². The van der Waals surface area contributed by atoms with Crippen molar-refractivity contribution < 1.29 is 24.2 Å². The predicted molar refractivity (Wildman–Crippen MR) is 160 cm³/mol. The first kappa shape index (κ1) is 27.3. The average Bonchev–Trinajstić information content (AvgIpc) is 3.67. The molecule has 2 aromatic carbocycles. The molecule has 2 N–H and O–H groups in total. The normalized spacial score (nSPS) is 15.2. The zero-order chi connectivity index (χ0) is 28.1. The van der Waals surface area contributed by atoms with Gasteiger partial charge < -0.3 is 24.5 Å². The Bertz CT molecular complexity index is 1630. The highest BCUT2D eigenvalue weighted by Gasteiger charge is 2.33. The molecule has 0 unspecified atom stereocenters. The number of hydrogen-bond donors (Lipinski definition) is 2. The summed E-state index contributed by atoms with van der Waals surface area (Å²) in [7, 11) is 1.58. The van der Waals surface area contributed by atoms with Crippen LogP contribution in [0.3, 0.4) is 0 Å². The summed E-state index contributed by atoms with van der Waals surface area (Å²) in [5, 5.41) is 17.3. The number of ether oxygens (including phenoxy) is 2. The molecule has 0 fully saturated rings. The zero-order valence-corrected chi connectivity index (χ0v) is 23.6. The van der Waals surface area contributed by atoms with Crippen molar-refractivity contribution in [2.75, 3.05) is 13.7 Å². The van der Waals surface area contributed by atoms with Crippen molar-refractivity contribution in [2.24, 2.45) is 4.99 Å². The molecule has 1 aliphatic heterocycles. The van der Waals surface area contributed by atoms with Crippen LogP contribution in [0.25, 0.3) is 17.0 Å². The lowest BCUT2D eigenvalue weighted by atomic mass is 10.1. The Morgan fingerprint density at radius 1 is 1.10 bits per heavy atom. The van der Waals surface area contributed by atoms with Crippen molar-refractivity contribution in [1.82, 2.24) is 9.88 Å². The number of hydrogen-bond acceptors (Lipinski definition) is 8. The summed E-state index contributed by atoms with van der Waals surface area (Å²) in [6, 6.07) is 18.8. The lowest BCUT2D eigenvalue weighted by Crippen LogP contribution is -2.26. The molecule has 0 spiro atoms. The molecule has 1 aliphatic rings. The minimum atomic E-state index is -0.645. The van der Waals surface area contributed by atoms with E-state index in [0.29, 0.717) is 27.9 Å². The molecule has 0 radical (unpaired) electrons. The Balaban J connectivity index is 1.47. The van der Waals surface area contributed by atoms with Crippen LogP contribution < -0.4 is 10.1 Å². The molecule has 40 heavy (non-hydrogen) atoms. The number of fused-ring (bicyclic) bond motifs is 1. The predicted octanol–water partition coefficient (Wildman–Crippen LogP) is 6.22. The Hall–Kier alpha value is -4.28. The molecular formula is C30H27N3O5S2. The Labute approximate surface area is 239 Å². The van der Waals surface area contributed by atoms with Gasteiger partial charge in [0.2, 0.25) is 5.91 Å². The number of nitrogens with zero attached hydrogens (tertiary/aromatic N) is 2. The van der Waals surface area contributed by atoms with E-state index in [-0.39, 0.29) is 30.4 Å². The SMILES string of the molecule is CCOC(=O)C1=C(O)/C(=C/c2cn(CC(=O)NCc3cccs3)c3ccccc23)SC1=Nc1ccc(OC)cc1. The van der Waals surface area contributed by atoms with Crippen LogP contribution >= 0.6 is 23.1 Å². The standard InChI is InChI=1S/C30H27N3O5S2/c1-3-38-30(36)27-28(35)25(40-29(27)32-20-10-12-21(37-2)13-11-20)15-19-17-33(24-9-5-4-8-23(19)24)18-26(34)31-16-22-7-6-14-39-22/h4-15,17,35H,3,16,18H2,1-2H3,(H,31,34)/b25-15-,32-29?. The number of benzene rings is 2. The van der Waals surface area contributed by atoms with E-state index >= 15 is 0 Å². The van der Waals surface area contributed by atoms with Crippen LogP contribution in [-0.2, 0) is 27.4 Å². The Kier molecular flexibility index (Phi) is 8.37. The summed E-state index contributed by atoms with van der Waals surface area (Å²) >= 11 is 2.78. The molecule has 8 nitrogen and oxygen atoms in total. The maximum atomic E-state index is 12.8. The molecule has 1 amide bonds. The number of thiophene rings is 1. The van der Waals surface area contributed by atoms with Crippen LogP contribution in [-0.4, -0.2) is 40.3 Å². The highest BCUT2D eigenvalue weighted by atomic mass is 32.2. The number of para-hydroxylation sites is 1. The van der Waals surface area contributed by atoms with Gasteiger partial charge in [0.15, 0.2) is 0 Å². The van der Waals surface area contributed by atoms with Crippen LogP contribution in [0.15, 0.2) is 93.5 Å². The number of rotatable bonds is 9. The van der Waals surface area contributed by atoms with Gasteiger partial charge in [0.25, 0.3) is 0 Å². The maximum absolute atomic E-state index is 12.8. The van der Waals surface area contributed by atoms with Gasteiger partial charge in [-0.3, -0.25) is 4.79 Å². The fraction of sp³-hybridized carbons (Fsp3) is 0.167. The van der Waals surface area contributed by atoms with Gasteiger partial charge in [-0.2, -0.15) is 0 Å². The second-order valence-corrected chi connectivity index (χ2v) is 10.8. The first-order valence-corrected chi connectivity index (χ1v) is 14.3. The van der Waals surface area contributed by atoms with Crippen molar-refractivity contribution in [2.45, 2.75) is 20.0 Å².